The van der Waals surface area contributed by atoms with Crippen LogP contribution in [0.25, 0.3) is 10.9 Å². The van der Waals surface area contributed by atoms with E-state index in [-0.39, 0.29) is 61.6 Å². The van der Waals surface area contributed by atoms with Gasteiger partial charge in [0, 0.05) is 59.5 Å². The van der Waals surface area contributed by atoms with Crippen molar-refractivity contribution in [1.82, 2.24) is 46.9 Å². The number of carbonyl (C=O) groups excluding carboxylic acids is 9. The molecule has 7 atom stereocenters. The second kappa shape index (κ2) is 27.6. The van der Waals surface area contributed by atoms with Gasteiger partial charge in [0.2, 0.25) is 47.3 Å². The van der Waals surface area contributed by atoms with Crippen molar-refractivity contribution in [2.75, 3.05) is 5.32 Å². The van der Waals surface area contributed by atoms with E-state index in [1.165, 1.54) is 43.7 Å². The number of H-pyrrole nitrogens is 2. The SMILES string of the molecule is CC(C)C[C@H](NC(=O)[C@H](CC(C)C)NC(=O)[C@H](Cc1cnc[nH]1)NC(=O)c1cccc(NC(=O)[C@H](C)NC(=O)[C@H](Cc2c[nH]c3ccccc23)NC(=O)[C@H](CCC(N)=O)NC(=O)[C@H](N)Cc2ccccc2)c1)C(N)=O. The summed E-state index contributed by atoms with van der Waals surface area (Å²) in [7, 11) is 0. The van der Waals surface area contributed by atoms with Crippen LogP contribution in [-0.4, -0.2) is 110 Å². The summed E-state index contributed by atoms with van der Waals surface area (Å²) in [6.45, 7) is 8.90. The van der Waals surface area contributed by atoms with Crippen molar-refractivity contribution in [3.63, 3.8) is 0 Å². The number of imidazole rings is 1. The lowest BCUT2D eigenvalue weighted by Crippen LogP contribution is -2.57. The molecule has 2 aromatic heterocycles. The molecule has 5 aromatic rings. The third-order valence-electron chi connectivity index (χ3n) is 12.1. The average molecular weight is 1030 g/mol. The predicted molar refractivity (Wildman–Crippen MR) is 281 cm³/mol. The molecule has 75 heavy (non-hydrogen) atoms. The lowest BCUT2D eigenvalue weighted by atomic mass is 9.99. The largest absolute Gasteiger partial charge is 0.370 e. The number of nitrogens with zero attached hydrogens (tertiary/aromatic N) is 1. The number of fused-ring (bicyclic) bond motifs is 1. The number of amides is 9. The van der Waals surface area contributed by atoms with Crippen molar-refractivity contribution in [1.29, 1.82) is 0 Å². The minimum Gasteiger partial charge on any atom is -0.370 e. The first kappa shape index (κ1) is 57.5. The minimum absolute atomic E-state index is 0.0364. The zero-order valence-corrected chi connectivity index (χ0v) is 42.7. The molecule has 0 saturated heterocycles. The topological polar surface area (TPSA) is 360 Å². The number of para-hydroxylation sites is 1. The molecule has 0 bridgehead atoms. The third kappa shape index (κ3) is 17.9. The third-order valence-corrected chi connectivity index (χ3v) is 12.1. The average Bonchev–Trinajstić information content (AvgIpc) is 4.04. The van der Waals surface area contributed by atoms with Crippen LogP contribution in [0, 0.1) is 11.8 Å². The van der Waals surface area contributed by atoms with Crippen LogP contribution in [-0.2, 0) is 57.6 Å². The van der Waals surface area contributed by atoms with Gasteiger partial charge in [0.25, 0.3) is 5.91 Å². The number of nitrogens with one attached hydrogen (secondary N) is 9. The Hall–Kier alpha value is -8.40. The number of benzene rings is 3. The number of carbonyl (C=O) groups is 9. The van der Waals surface area contributed by atoms with E-state index in [0.29, 0.717) is 17.7 Å². The second-order valence-corrected chi connectivity index (χ2v) is 19.4. The van der Waals surface area contributed by atoms with Crippen molar-refractivity contribution in [2.24, 2.45) is 29.0 Å². The van der Waals surface area contributed by atoms with E-state index in [0.717, 1.165) is 16.5 Å². The van der Waals surface area contributed by atoms with E-state index < -0.39 is 95.5 Å². The fourth-order valence-electron chi connectivity index (χ4n) is 8.20. The number of aromatic amines is 2. The fourth-order valence-corrected chi connectivity index (χ4v) is 8.20. The van der Waals surface area contributed by atoms with Gasteiger partial charge in [-0.15, -0.1) is 0 Å². The maximum absolute atomic E-state index is 14.2. The fraction of sp³-hybridized carbons (Fsp3) is 0.396. The van der Waals surface area contributed by atoms with Crippen LogP contribution in [0.1, 0.15) is 87.5 Å². The molecule has 0 fully saturated rings. The molecule has 0 radical (unpaired) electrons. The van der Waals surface area contributed by atoms with Gasteiger partial charge in [-0.3, -0.25) is 43.2 Å². The number of nitrogens with two attached hydrogens (primary N) is 3. The van der Waals surface area contributed by atoms with Crippen molar-refractivity contribution in [3.05, 3.63) is 120 Å². The van der Waals surface area contributed by atoms with Gasteiger partial charge >= 0.3 is 0 Å². The van der Waals surface area contributed by atoms with Gasteiger partial charge in [0.15, 0.2) is 0 Å². The van der Waals surface area contributed by atoms with Crippen molar-refractivity contribution < 1.29 is 43.2 Å². The summed E-state index contributed by atoms with van der Waals surface area (Å²) in [5.41, 5.74) is 20.1. The molecule has 0 unspecified atom stereocenters. The Morgan fingerprint density at radius 2 is 1.19 bits per heavy atom. The highest BCUT2D eigenvalue weighted by molar-refractivity contribution is 6.02. The molecule has 22 heteroatoms. The smallest absolute Gasteiger partial charge is 0.252 e. The Balaban J connectivity index is 1.29. The van der Waals surface area contributed by atoms with E-state index in [2.05, 4.69) is 52.2 Å². The summed E-state index contributed by atoms with van der Waals surface area (Å²) in [5, 5.41) is 19.6. The second-order valence-electron chi connectivity index (χ2n) is 19.4. The van der Waals surface area contributed by atoms with Crippen LogP contribution in [0.4, 0.5) is 5.69 Å². The van der Waals surface area contributed by atoms with Crippen LogP contribution in [0.2, 0.25) is 0 Å². The maximum atomic E-state index is 14.2. The molecule has 0 aliphatic rings. The van der Waals surface area contributed by atoms with Crippen LogP contribution in [0.3, 0.4) is 0 Å². The van der Waals surface area contributed by atoms with Gasteiger partial charge < -0.3 is 64.4 Å². The van der Waals surface area contributed by atoms with Crippen molar-refractivity contribution in [3.8, 4) is 0 Å². The standard InChI is InChI=1S/C53H69N13O9/c1-29(2)20-41(46(56)68)63-52(74)42(21-30(3)4)65-53(75)44(25-36-27-57-28-59-36)64-48(70)33-14-11-15-35(23-33)61-47(69)31(5)60-51(73)43(24-34-26-58-39-17-10-9-16-37(34)39)66-50(72)40(18-19-45(55)67)62-49(71)38(54)22-32-12-7-6-8-13-32/h6-17,23,26-31,38,40-44,58H,18-22,24-25,54H2,1-5H3,(H2,55,67)(H2,56,68)(H,57,59)(H,60,73)(H,61,69)(H,62,71)(H,63,74)(H,64,70)(H,65,75)(H,66,72)/t31-,38+,40-,41-,42-,43-,44-/m0/s1. The molecule has 5 rings (SSSR count). The summed E-state index contributed by atoms with van der Waals surface area (Å²) in [5.74, 6) is -6.40. The van der Waals surface area contributed by atoms with E-state index in [1.807, 2.05) is 58.0 Å². The van der Waals surface area contributed by atoms with Crippen molar-refractivity contribution >= 4 is 69.8 Å². The molecule has 9 amide bonds. The number of rotatable bonds is 28. The summed E-state index contributed by atoms with van der Waals surface area (Å²) >= 11 is 0. The summed E-state index contributed by atoms with van der Waals surface area (Å²) in [6, 6.07) is 14.0. The zero-order chi connectivity index (χ0) is 54.8. The number of hydrogen-bond acceptors (Lipinski definition) is 11. The number of primary amides is 2. The first-order valence-corrected chi connectivity index (χ1v) is 24.8. The van der Waals surface area contributed by atoms with E-state index >= 15 is 0 Å². The molecular formula is C53H69N13O9. The number of anilines is 1. The van der Waals surface area contributed by atoms with E-state index in [1.54, 1.807) is 30.5 Å². The lowest BCUT2D eigenvalue weighted by molar-refractivity contribution is -0.133. The van der Waals surface area contributed by atoms with Crippen LogP contribution >= 0.6 is 0 Å². The van der Waals surface area contributed by atoms with Gasteiger partial charge in [0.1, 0.15) is 36.3 Å². The van der Waals surface area contributed by atoms with Crippen LogP contribution < -0.4 is 54.4 Å². The van der Waals surface area contributed by atoms with Crippen LogP contribution in [0.5, 0.6) is 0 Å². The summed E-state index contributed by atoms with van der Waals surface area (Å²) < 4.78 is 0. The molecule has 15 N–H and O–H groups in total. The first-order valence-electron chi connectivity index (χ1n) is 24.8. The normalized spacial score (nSPS) is 14.0. The minimum atomic E-state index is -1.32. The molecule has 400 valence electrons. The highest BCUT2D eigenvalue weighted by Gasteiger charge is 2.33. The first-order chi connectivity index (χ1) is 35.7. The van der Waals surface area contributed by atoms with Gasteiger partial charge in [-0.25, -0.2) is 4.98 Å². The number of aromatic nitrogens is 3. The maximum Gasteiger partial charge on any atom is 0.252 e. The zero-order valence-electron chi connectivity index (χ0n) is 42.7. The monoisotopic (exact) mass is 1030 g/mol. The van der Waals surface area contributed by atoms with Gasteiger partial charge in [0.05, 0.1) is 12.4 Å². The van der Waals surface area contributed by atoms with Crippen LogP contribution in [0.15, 0.2) is 97.6 Å². The molecule has 0 aliphatic carbocycles. The summed E-state index contributed by atoms with van der Waals surface area (Å²) in [4.78, 5) is 131. The highest BCUT2D eigenvalue weighted by atomic mass is 16.2. The summed E-state index contributed by atoms with van der Waals surface area (Å²) in [6.07, 6.45) is 4.67. The molecule has 3 aromatic carbocycles. The predicted octanol–water partition coefficient (Wildman–Crippen LogP) is 1.27. The molecule has 0 saturated carbocycles. The van der Waals surface area contributed by atoms with Gasteiger partial charge in [-0.1, -0.05) is 82.3 Å². The van der Waals surface area contributed by atoms with E-state index in [4.69, 9.17) is 17.2 Å². The Kier molecular flexibility index (Phi) is 21.2. The molecule has 0 aliphatic heterocycles. The number of hydrogen-bond donors (Lipinski definition) is 12. The Morgan fingerprint density at radius 1 is 0.587 bits per heavy atom. The quantitative estimate of drug-likeness (QED) is 0.0339. The Morgan fingerprint density at radius 3 is 1.85 bits per heavy atom. The van der Waals surface area contributed by atoms with Gasteiger partial charge in [-0.2, -0.15) is 0 Å². The van der Waals surface area contributed by atoms with Gasteiger partial charge in [-0.05, 0) is 79.8 Å². The van der Waals surface area contributed by atoms with E-state index in [9.17, 15) is 43.2 Å². The van der Waals surface area contributed by atoms with Crippen molar-refractivity contribution in [2.45, 2.75) is 122 Å². The lowest BCUT2D eigenvalue weighted by Gasteiger charge is -2.26. The molecular weight excluding hydrogens is 963 g/mol. The Bertz CT molecular complexity index is 2780. The Labute approximate surface area is 434 Å². The molecule has 22 nitrogen and oxygen atoms in total. The molecule has 2 heterocycles. The molecule has 0 spiro atoms. The highest BCUT2D eigenvalue weighted by Crippen LogP contribution is 2.20.